The first-order valence-electron chi connectivity index (χ1n) is 8.21. The quantitative estimate of drug-likeness (QED) is 0.616. The molecule has 5 atom stereocenters. The summed E-state index contributed by atoms with van der Waals surface area (Å²) < 4.78 is 21.4. The number of rotatable bonds is 5. The molecule has 0 saturated carbocycles. The average molecular weight is 425 g/mol. The van der Waals surface area contributed by atoms with Crippen LogP contribution in [0.1, 0.15) is 29.8 Å². The van der Waals surface area contributed by atoms with Gasteiger partial charge in [-0.05, 0) is 18.9 Å². The van der Waals surface area contributed by atoms with Crippen LogP contribution in [0, 0.1) is 0 Å². The fourth-order valence-corrected chi connectivity index (χ4v) is 3.57. The Hall–Kier alpha value is -1.29. The van der Waals surface area contributed by atoms with Gasteiger partial charge in [-0.15, -0.1) is 0 Å². The van der Waals surface area contributed by atoms with Gasteiger partial charge in [0.15, 0.2) is 23.9 Å². The van der Waals surface area contributed by atoms with Gasteiger partial charge < -0.3 is 34.3 Å². The summed E-state index contributed by atoms with van der Waals surface area (Å²) in [6, 6.07) is 0. The van der Waals surface area contributed by atoms with Crippen LogP contribution in [0.15, 0.2) is 0 Å². The minimum atomic E-state index is -1.21. The molecule has 0 amide bonds. The molecule has 1 heterocycles. The number of aromatic hydroxyl groups is 2. The van der Waals surface area contributed by atoms with Crippen molar-refractivity contribution in [3.05, 3.63) is 21.2 Å². The van der Waals surface area contributed by atoms with E-state index in [4.69, 9.17) is 42.1 Å². The van der Waals surface area contributed by atoms with E-state index in [1.165, 1.54) is 14.2 Å². The first kappa shape index (κ1) is 22.0. The standard InChI is InChI=1S/C17H22Cl2O8/c1-5-7-8(12(21)10(19)13(22)9(7)18)16(23)27-14-11(20)6(2)26-17(25-4)15(14)24-3/h6,11,14-15,17,20-22H,5H2,1-4H3/t6-,11-,14+,15+,17-/m0/s1. The molecule has 1 fully saturated rings. The maximum absolute atomic E-state index is 12.8. The Balaban J connectivity index is 2.44. The third-order valence-electron chi connectivity index (χ3n) is 4.49. The minimum Gasteiger partial charge on any atom is -0.505 e. The van der Waals surface area contributed by atoms with E-state index in [1.54, 1.807) is 13.8 Å². The molecule has 1 saturated heterocycles. The second-order valence-corrected chi connectivity index (χ2v) is 6.79. The highest BCUT2D eigenvalue weighted by Gasteiger charge is 2.47. The van der Waals surface area contributed by atoms with E-state index in [0.29, 0.717) is 0 Å². The number of carbonyl (C=O) groups excluding carboxylic acids is 1. The van der Waals surface area contributed by atoms with Gasteiger partial charge in [0.05, 0.1) is 11.1 Å². The molecule has 2 rings (SSSR count). The van der Waals surface area contributed by atoms with E-state index in [9.17, 15) is 20.1 Å². The van der Waals surface area contributed by atoms with E-state index >= 15 is 0 Å². The number of methoxy groups -OCH3 is 2. The van der Waals surface area contributed by atoms with Crippen molar-refractivity contribution in [1.82, 2.24) is 0 Å². The van der Waals surface area contributed by atoms with Crippen LogP contribution < -0.4 is 0 Å². The molecular formula is C17H22Cl2O8. The second-order valence-electron chi connectivity index (χ2n) is 6.04. The number of hydrogen-bond donors (Lipinski definition) is 3. The molecule has 0 unspecified atom stereocenters. The van der Waals surface area contributed by atoms with Crippen molar-refractivity contribution >= 4 is 29.2 Å². The number of benzene rings is 1. The number of esters is 1. The normalized spacial score (nSPS) is 28.2. The van der Waals surface area contributed by atoms with Crippen LogP contribution in [0.5, 0.6) is 11.5 Å². The number of halogens is 2. The maximum atomic E-state index is 12.8. The smallest absolute Gasteiger partial charge is 0.342 e. The lowest BCUT2D eigenvalue weighted by Crippen LogP contribution is -2.59. The summed E-state index contributed by atoms with van der Waals surface area (Å²) in [5.74, 6) is -2.17. The molecule has 1 aliphatic rings. The Kier molecular flexibility index (Phi) is 7.18. The van der Waals surface area contributed by atoms with Crippen LogP contribution >= 0.6 is 23.2 Å². The van der Waals surface area contributed by atoms with Crippen LogP contribution in [0.2, 0.25) is 10.0 Å². The topological polar surface area (TPSA) is 115 Å². The lowest BCUT2D eigenvalue weighted by atomic mass is 9.98. The average Bonchev–Trinajstić information content (AvgIpc) is 2.65. The van der Waals surface area contributed by atoms with Crippen LogP contribution in [0.3, 0.4) is 0 Å². The zero-order valence-electron chi connectivity index (χ0n) is 15.2. The predicted octanol–water partition coefficient (Wildman–Crippen LogP) is 2.26. The Morgan fingerprint density at radius 3 is 2.26 bits per heavy atom. The number of phenolic OH excluding ortho intramolecular Hbond substituents is 2. The zero-order valence-corrected chi connectivity index (χ0v) is 16.7. The Morgan fingerprint density at radius 2 is 1.74 bits per heavy atom. The van der Waals surface area contributed by atoms with Crippen molar-refractivity contribution < 1.29 is 39.1 Å². The highest BCUT2D eigenvalue weighted by atomic mass is 35.5. The third kappa shape index (κ3) is 3.96. The maximum Gasteiger partial charge on any atom is 0.342 e. The van der Waals surface area contributed by atoms with Crippen LogP contribution in [0.4, 0.5) is 0 Å². The fourth-order valence-electron chi connectivity index (χ4n) is 3.01. The monoisotopic (exact) mass is 424 g/mol. The third-order valence-corrected chi connectivity index (χ3v) is 5.26. The van der Waals surface area contributed by atoms with Gasteiger partial charge in [-0.2, -0.15) is 0 Å². The molecule has 1 aliphatic heterocycles. The molecule has 1 aromatic rings. The van der Waals surface area contributed by atoms with Crippen LogP contribution in [0.25, 0.3) is 0 Å². The van der Waals surface area contributed by atoms with Gasteiger partial charge in [-0.3, -0.25) is 0 Å². The molecule has 10 heteroatoms. The predicted molar refractivity (Wildman–Crippen MR) is 96.5 cm³/mol. The summed E-state index contributed by atoms with van der Waals surface area (Å²) in [4.78, 5) is 12.8. The molecule has 0 aromatic heterocycles. The first-order chi connectivity index (χ1) is 12.7. The van der Waals surface area contributed by atoms with Crippen molar-refractivity contribution in [2.75, 3.05) is 14.2 Å². The number of carbonyl (C=O) groups is 1. The van der Waals surface area contributed by atoms with Crippen molar-refractivity contribution in [2.24, 2.45) is 0 Å². The van der Waals surface area contributed by atoms with Gasteiger partial charge in [0.2, 0.25) is 0 Å². The van der Waals surface area contributed by atoms with Gasteiger partial charge in [0.1, 0.15) is 22.8 Å². The largest absolute Gasteiger partial charge is 0.505 e. The van der Waals surface area contributed by atoms with Gasteiger partial charge in [0.25, 0.3) is 0 Å². The first-order valence-corrected chi connectivity index (χ1v) is 8.96. The van der Waals surface area contributed by atoms with E-state index in [-0.39, 0.29) is 22.6 Å². The van der Waals surface area contributed by atoms with Crippen LogP contribution in [-0.2, 0) is 25.4 Å². The Bertz CT molecular complexity index is 711. The summed E-state index contributed by atoms with van der Waals surface area (Å²) in [6.07, 6.45) is -4.64. The molecule has 152 valence electrons. The lowest BCUT2D eigenvalue weighted by Gasteiger charge is -2.41. The molecule has 0 aliphatic carbocycles. The minimum absolute atomic E-state index is 0.160. The number of phenols is 2. The Morgan fingerprint density at radius 1 is 1.11 bits per heavy atom. The SMILES string of the molecule is CCc1c(Cl)c(O)c(Cl)c(O)c1C(=O)O[C@@H]1[C@@H](O)[C@H](C)O[C@H](OC)[C@@H]1OC. The number of aliphatic hydroxyl groups is 1. The van der Waals surface area contributed by atoms with Crippen molar-refractivity contribution in [1.29, 1.82) is 0 Å². The summed E-state index contributed by atoms with van der Waals surface area (Å²) in [5, 5.41) is 29.9. The molecule has 27 heavy (non-hydrogen) atoms. The lowest BCUT2D eigenvalue weighted by molar-refractivity contribution is -0.290. The molecule has 8 nitrogen and oxygen atoms in total. The molecule has 0 spiro atoms. The van der Waals surface area contributed by atoms with Gasteiger partial charge in [-0.25, -0.2) is 4.79 Å². The molecule has 0 radical (unpaired) electrons. The van der Waals surface area contributed by atoms with E-state index in [2.05, 4.69) is 0 Å². The van der Waals surface area contributed by atoms with Crippen molar-refractivity contribution in [2.45, 2.75) is 51.0 Å². The highest BCUT2D eigenvalue weighted by molar-refractivity contribution is 6.39. The van der Waals surface area contributed by atoms with Gasteiger partial charge in [0, 0.05) is 14.2 Å². The molecule has 3 N–H and O–H groups in total. The molecule has 0 bridgehead atoms. The summed E-state index contributed by atoms with van der Waals surface area (Å²) in [7, 11) is 2.74. The summed E-state index contributed by atoms with van der Waals surface area (Å²) in [6.45, 7) is 3.27. The fraction of sp³-hybridized carbons (Fsp3) is 0.588. The number of hydrogen-bond acceptors (Lipinski definition) is 8. The molecular weight excluding hydrogens is 403 g/mol. The number of aliphatic hydroxyl groups excluding tert-OH is 1. The summed E-state index contributed by atoms with van der Waals surface area (Å²) in [5.41, 5.74) is -0.131. The summed E-state index contributed by atoms with van der Waals surface area (Å²) >= 11 is 11.9. The van der Waals surface area contributed by atoms with Gasteiger partial charge in [-0.1, -0.05) is 30.1 Å². The van der Waals surface area contributed by atoms with Crippen molar-refractivity contribution in [3.63, 3.8) is 0 Å². The van der Waals surface area contributed by atoms with E-state index in [1.807, 2.05) is 0 Å². The highest BCUT2D eigenvalue weighted by Crippen LogP contribution is 2.45. The van der Waals surface area contributed by atoms with Crippen LogP contribution in [-0.4, -0.2) is 66.2 Å². The number of ether oxygens (including phenoxy) is 4. The molecule has 1 aromatic carbocycles. The zero-order chi connectivity index (χ0) is 20.5. The van der Waals surface area contributed by atoms with E-state index < -0.39 is 53.2 Å². The van der Waals surface area contributed by atoms with Crippen molar-refractivity contribution in [3.8, 4) is 11.5 Å². The second kappa shape index (κ2) is 8.81. The Labute approximate surface area is 166 Å². The van der Waals surface area contributed by atoms with E-state index in [0.717, 1.165) is 0 Å². The van der Waals surface area contributed by atoms with Gasteiger partial charge >= 0.3 is 5.97 Å².